The van der Waals surface area contributed by atoms with E-state index in [-0.39, 0.29) is 22.8 Å². The zero-order valence-electron chi connectivity index (χ0n) is 22.5. The molecular formula is C28H24F3N5O5S. The SMILES string of the molecule is CC1(C)C(=O)N(c2ccc(C#N)c(C(F)(F)F)c2)C(=O)N1Cc1ccccc1NC(=O)Nc1ccc(S(C)(=O)=O)cc1. The van der Waals surface area contributed by atoms with Crippen LogP contribution < -0.4 is 15.5 Å². The number of carbonyl (C=O) groups is 3. The van der Waals surface area contributed by atoms with Crippen LogP contribution in [0.5, 0.6) is 0 Å². The van der Waals surface area contributed by atoms with E-state index < -0.39 is 50.6 Å². The van der Waals surface area contributed by atoms with Crippen LogP contribution in [0.15, 0.2) is 71.6 Å². The summed E-state index contributed by atoms with van der Waals surface area (Å²) in [6, 6.07) is 14.5. The molecule has 0 aromatic heterocycles. The molecule has 5 amide bonds. The topological polar surface area (TPSA) is 140 Å². The van der Waals surface area contributed by atoms with E-state index >= 15 is 0 Å². The summed E-state index contributed by atoms with van der Waals surface area (Å²) in [6.07, 6.45) is -3.83. The van der Waals surface area contributed by atoms with E-state index in [1.54, 1.807) is 24.3 Å². The van der Waals surface area contributed by atoms with Gasteiger partial charge in [-0.05, 0) is 67.9 Å². The fourth-order valence-corrected chi connectivity index (χ4v) is 4.98. The van der Waals surface area contributed by atoms with Gasteiger partial charge in [0.2, 0.25) is 0 Å². The highest BCUT2D eigenvalue weighted by molar-refractivity contribution is 7.90. The third-order valence-corrected chi connectivity index (χ3v) is 7.77. The summed E-state index contributed by atoms with van der Waals surface area (Å²) in [6.45, 7) is 2.71. The van der Waals surface area contributed by atoms with Crippen LogP contribution in [-0.2, 0) is 27.4 Å². The number of benzene rings is 3. The molecule has 218 valence electrons. The number of imide groups is 1. The van der Waals surface area contributed by atoms with Gasteiger partial charge in [-0.25, -0.2) is 22.9 Å². The largest absolute Gasteiger partial charge is 0.417 e. The summed E-state index contributed by atoms with van der Waals surface area (Å²) in [5.74, 6) is -0.772. The zero-order valence-corrected chi connectivity index (χ0v) is 23.3. The normalized spacial score (nSPS) is 15.0. The fraction of sp³-hybridized carbons (Fsp3) is 0.214. The maximum atomic E-state index is 13.6. The van der Waals surface area contributed by atoms with Gasteiger partial charge in [-0.1, -0.05) is 18.2 Å². The highest BCUT2D eigenvalue weighted by atomic mass is 32.2. The minimum atomic E-state index is -4.89. The van der Waals surface area contributed by atoms with Crippen molar-refractivity contribution in [3.63, 3.8) is 0 Å². The van der Waals surface area contributed by atoms with Crippen LogP contribution in [0, 0.1) is 11.3 Å². The number of hydrogen-bond donors (Lipinski definition) is 2. The first-order valence-corrected chi connectivity index (χ1v) is 14.2. The second-order valence-corrected chi connectivity index (χ2v) is 12.0. The number of carbonyl (C=O) groups excluding carboxylic acids is 3. The Kier molecular flexibility index (Phi) is 7.75. The van der Waals surface area contributed by atoms with Gasteiger partial charge in [-0.15, -0.1) is 0 Å². The van der Waals surface area contributed by atoms with Crippen molar-refractivity contribution in [2.45, 2.75) is 37.0 Å². The minimum absolute atomic E-state index is 0.0796. The van der Waals surface area contributed by atoms with E-state index in [2.05, 4.69) is 10.6 Å². The second-order valence-electron chi connectivity index (χ2n) is 9.94. The molecule has 0 saturated carbocycles. The van der Waals surface area contributed by atoms with Gasteiger partial charge in [-0.3, -0.25) is 4.79 Å². The van der Waals surface area contributed by atoms with Crippen molar-refractivity contribution in [1.82, 2.24) is 4.90 Å². The third kappa shape index (κ3) is 5.91. The van der Waals surface area contributed by atoms with E-state index in [0.29, 0.717) is 22.2 Å². The molecule has 0 radical (unpaired) electrons. The summed E-state index contributed by atoms with van der Waals surface area (Å²) in [4.78, 5) is 41.4. The summed E-state index contributed by atoms with van der Waals surface area (Å²) in [7, 11) is -3.42. The minimum Gasteiger partial charge on any atom is -0.308 e. The van der Waals surface area contributed by atoms with E-state index in [1.807, 2.05) is 0 Å². The molecule has 0 bridgehead atoms. The fourth-order valence-electron chi connectivity index (χ4n) is 4.35. The maximum absolute atomic E-state index is 13.6. The van der Waals surface area contributed by atoms with Crippen LogP contribution in [0.4, 0.5) is 39.8 Å². The summed E-state index contributed by atoms with van der Waals surface area (Å²) >= 11 is 0. The Labute approximate surface area is 239 Å². The highest BCUT2D eigenvalue weighted by Crippen LogP contribution is 2.38. The molecule has 3 aromatic rings. The predicted molar refractivity (Wildman–Crippen MR) is 147 cm³/mol. The Bertz CT molecular complexity index is 1730. The van der Waals surface area contributed by atoms with Gasteiger partial charge in [0, 0.05) is 17.6 Å². The number of amides is 5. The lowest BCUT2D eigenvalue weighted by atomic mass is 10.0. The standard InChI is InChI=1S/C28H24F3N5O5S/c1-27(2)24(37)36(20-11-8-17(15-32)22(14-20)28(29,30)31)26(39)35(27)16-18-6-4-5-7-23(18)34-25(38)33-19-9-12-21(13-10-19)42(3,40)41/h4-14H,16H2,1-3H3,(H2,33,34,38). The first-order chi connectivity index (χ1) is 19.5. The Hall–Kier alpha value is -4.90. The molecule has 3 aromatic carbocycles. The number of alkyl halides is 3. The lowest BCUT2D eigenvalue weighted by molar-refractivity contribution is -0.137. The number of anilines is 3. The first-order valence-electron chi connectivity index (χ1n) is 12.3. The summed E-state index contributed by atoms with van der Waals surface area (Å²) < 4.78 is 63.9. The molecular weight excluding hydrogens is 575 g/mol. The quantitative estimate of drug-likeness (QED) is 0.365. The molecule has 1 saturated heterocycles. The lowest BCUT2D eigenvalue weighted by Gasteiger charge is -2.28. The molecule has 2 N–H and O–H groups in total. The van der Waals surface area contributed by atoms with Crippen LogP contribution in [-0.4, -0.2) is 43.1 Å². The Balaban J connectivity index is 1.57. The molecule has 1 heterocycles. The number of nitrogens with one attached hydrogen (secondary N) is 2. The van der Waals surface area contributed by atoms with Gasteiger partial charge in [0.15, 0.2) is 9.84 Å². The average Bonchev–Trinajstić information content (AvgIpc) is 3.07. The molecule has 1 aliphatic rings. The van der Waals surface area contributed by atoms with E-state index in [1.165, 1.54) is 49.1 Å². The van der Waals surface area contributed by atoms with Gasteiger partial charge in [0.25, 0.3) is 5.91 Å². The monoisotopic (exact) mass is 599 g/mol. The van der Waals surface area contributed by atoms with Gasteiger partial charge < -0.3 is 15.5 Å². The van der Waals surface area contributed by atoms with Crippen molar-refractivity contribution in [2.75, 3.05) is 21.8 Å². The average molecular weight is 600 g/mol. The van der Waals surface area contributed by atoms with Gasteiger partial charge in [-0.2, -0.15) is 18.4 Å². The molecule has 42 heavy (non-hydrogen) atoms. The molecule has 1 fully saturated rings. The summed E-state index contributed by atoms with van der Waals surface area (Å²) in [5, 5.41) is 14.3. The number of urea groups is 2. The van der Waals surface area contributed by atoms with Crippen molar-refractivity contribution in [1.29, 1.82) is 5.26 Å². The third-order valence-electron chi connectivity index (χ3n) is 6.65. The molecule has 0 aliphatic carbocycles. The number of nitrogens with zero attached hydrogens (tertiary/aromatic N) is 3. The Morgan fingerprint density at radius 3 is 2.24 bits per heavy atom. The lowest BCUT2D eigenvalue weighted by Crippen LogP contribution is -2.43. The number of sulfone groups is 1. The molecule has 0 atom stereocenters. The van der Waals surface area contributed by atoms with Crippen LogP contribution in [0.25, 0.3) is 0 Å². The molecule has 4 rings (SSSR count). The molecule has 0 spiro atoms. The number of para-hydroxylation sites is 1. The van der Waals surface area contributed by atoms with Crippen LogP contribution in [0.3, 0.4) is 0 Å². The van der Waals surface area contributed by atoms with Gasteiger partial charge >= 0.3 is 18.2 Å². The van der Waals surface area contributed by atoms with Crippen molar-refractivity contribution < 1.29 is 36.0 Å². The van der Waals surface area contributed by atoms with E-state index in [4.69, 9.17) is 5.26 Å². The van der Waals surface area contributed by atoms with Gasteiger partial charge in [0.1, 0.15) is 5.54 Å². The number of nitriles is 1. The highest BCUT2D eigenvalue weighted by Gasteiger charge is 2.52. The van der Waals surface area contributed by atoms with Crippen LogP contribution in [0.2, 0.25) is 0 Å². The second kappa shape index (κ2) is 10.8. The van der Waals surface area contributed by atoms with Crippen molar-refractivity contribution in [2.24, 2.45) is 0 Å². The number of rotatable bonds is 6. The number of hydrogen-bond acceptors (Lipinski definition) is 6. The van der Waals surface area contributed by atoms with E-state index in [9.17, 15) is 36.0 Å². The number of halogens is 3. The van der Waals surface area contributed by atoms with Crippen molar-refractivity contribution in [3.05, 3.63) is 83.4 Å². The smallest absolute Gasteiger partial charge is 0.308 e. The Morgan fingerprint density at radius 1 is 1.00 bits per heavy atom. The van der Waals surface area contributed by atoms with Crippen LogP contribution >= 0.6 is 0 Å². The molecule has 10 nitrogen and oxygen atoms in total. The Morgan fingerprint density at radius 2 is 1.64 bits per heavy atom. The maximum Gasteiger partial charge on any atom is 0.417 e. The predicted octanol–water partition coefficient (Wildman–Crippen LogP) is 5.37. The van der Waals surface area contributed by atoms with E-state index in [0.717, 1.165) is 18.4 Å². The van der Waals surface area contributed by atoms with Crippen molar-refractivity contribution >= 4 is 44.9 Å². The van der Waals surface area contributed by atoms with Crippen molar-refractivity contribution in [3.8, 4) is 6.07 Å². The van der Waals surface area contributed by atoms with Gasteiger partial charge in [0.05, 0.1) is 34.3 Å². The summed E-state index contributed by atoms with van der Waals surface area (Å²) in [5.41, 5.74) is -2.70. The first kappa shape index (κ1) is 30.1. The molecule has 0 unspecified atom stereocenters. The zero-order chi connectivity index (χ0) is 31.0. The van der Waals surface area contributed by atoms with Crippen LogP contribution in [0.1, 0.15) is 30.5 Å². The molecule has 14 heteroatoms. The molecule has 1 aliphatic heterocycles.